The van der Waals surface area contributed by atoms with E-state index in [1.165, 1.54) is 0 Å². The minimum atomic E-state index is -0.107. The monoisotopic (exact) mass is 302 g/mol. The highest BCUT2D eigenvalue weighted by Gasteiger charge is 2.18. The molecule has 0 unspecified atom stereocenters. The molecule has 0 aromatic carbocycles. The van der Waals surface area contributed by atoms with Crippen molar-refractivity contribution in [2.45, 2.75) is 27.3 Å². The standard InChI is InChI=1S/C16H18N2O2S/c1-10-11(2)20-12(3)15(10)16(19)18-9-14-7-6-13(21-14)5-4-8-17/h6-7H,8-9,17H2,1-3H3,(H,18,19). The fourth-order valence-electron chi connectivity index (χ4n) is 2.06. The molecular formula is C16H18N2O2S. The van der Waals surface area contributed by atoms with Crippen molar-refractivity contribution in [3.63, 3.8) is 0 Å². The number of rotatable bonds is 3. The van der Waals surface area contributed by atoms with E-state index in [9.17, 15) is 4.79 Å². The third-order valence-electron chi connectivity index (χ3n) is 3.19. The molecule has 2 aromatic rings. The Balaban J connectivity index is 2.02. The van der Waals surface area contributed by atoms with Crippen molar-refractivity contribution in [1.29, 1.82) is 0 Å². The van der Waals surface area contributed by atoms with Crippen LogP contribution in [0.25, 0.3) is 0 Å². The van der Waals surface area contributed by atoms with Gasteiger partial charge in [0.25, 0.3) is 5.91 Å². The van der Waals surface area contributed by atoms with Crippen LogP contribution < -0.4 is 11.1 Å². The Labute approximate surface area is 128 Å². The summed E-state index contributed by atoms with van der Waals surface area (Å²) in [7, 11) is 0. The predicted molar refractivity (Wildman–Crippen MR) is 84.3 cm³/mol. The minimum Gasteiger partial charge on any atom is -0.466 e. The number of thiophene rings is 1. The quantitative estimate of drug-likeness (QED) is 0.856. The Morgan fingerprint density at radius 2 is 2.10 bits per heavy atom. The van der Waals surface area contributed by atoms with Crippen LogP contribution in [0.1, 0.15) is 37.2 Å². The highest BCUT2D eigenvalue weighted by molar-refractivity contribution is 7.12. The van der Waals surface area contributed by atoms with Gasteiger partial charge in [-0.15, -0.1) is 11.3 Å². The molecule has 2 aromatic heterocycles. The number of amides is 1. The van der Waals surface area contributed by atoms with Crippen molar-refractivity contribution >= 4 is 17.2 Å². The number of nitrogens with one attached hydrogen (secondary N) is 1. The van der Waals surface area contributed by atoms with E-state index in [1.54, 1.807) is 18.3 Å². The van der Waals surface area contributed by atoms with Crippen LogP contribution in [0.2, 0.25) is 0 Å². The molecule has 5 heteroatoms. The highest BCUT2D eigenvalue weighted by atomic mass is 32.1. The van der Waals surface area contributed by atoms with E-state index in [4.69, 9.17) is 10.2 Å². The van der Waals surface area contributed by atoms with Crippen molar-refractivity contribution in [2.75, 3.05) is 6.54 Å². The predicted octanol–water partition coefficient (Wildman–Crippen LogP) is 2.51. The molecule has 0 radical (unpaired) electrons. The summed E-state index contributed by atoms with van der Waals surface area (Å²) in [5, 5.41) is 2.92. The van der Waals surface area contributed by atoms with E-state index in [2.05, 4.69) is 17.2 Å². The lowest BCUT2D eigenvalue weighted by atomic mass is 10.1. The van der Waals surface area contributed by atoms with Gasteiger partial charge in [-0.05, 0) is 32.9 Å². The van der Waals surface area contributed by atoms with Gasteiger partial charge in [0.15, 0.2) is 0 Å². The SMILES string of the molecule is Cc1oc(C)c(C(=O)NCc2ccc(C#CCN)s2)c1C. The Morgan fingerprint density at radius 1 is 1.33 bits per heavy atom. The summed E-state index contributed by atoms with van der Waals surface area (Å²) in [5.41, 5.74) is 6.87. The van der Waals surface area contributed by atoms with Crippen LogP contribution in [0.3, 0.4) is 0 Å². The maximum Gasteiger partial charge on any atom is 0.255 e. The van der Waals surface area contributed by atoms with Crippen LogP contribution in [0.4, 0.5) is 0 Å². The first kappa shape index (κ1) is 15.4. The summed E-state index contributed by atoms with van der Waals surface area (Å²) in [6.45, 7) is 6.40. The molecule has 0 aliphatic carbocycles. The van der Waals surface area contributed by atoms with Crippen LogP contribution in [-0.2, 0) is 6.54 Å². The molecule has 3 N–H and O–H groups in total. The number of hydrogen-bond donors (Lipinski definition) is 2. The summed E-state index contributed by atoms with van der Waals surface area (Å²) in [6, 6.07) is 3.90. The summed E-state index contributed by atoms with van der Waals surface area (Å²) in [6.07, 6.45) is 0. The van der Waals surface area contributed by atoms with E-state index in [0.717, 1.165) is 21.1 Å². The lowest BCUT2D eigenvalue weighted by Gasteiger charge is -2.03. The van der Waals surface area contributed by atoms with E-state index >= 15 is 0 Å². The summed E-state index contributed by atoms with van der Waals surface area (Å²) in [5.74, 6) is 7.13. The molecular weight excluding hydrogens is 284 g/mol. The van der Waals surface area contributed by atoms with Crippen LogP contribution in [0, 0.1) is 32.6 Å². The minimum absolute atomic E-state index is 0.107. The molecule has 0 aliphatic rings. The summed E-state index contributed by atoms with van der Waals surface area (Å²) in [4.78, 5) is 14.3. The summed E-state index contributed by atoms with van der Waals surface area (Å²) < 4.78 is 5.48. The Kier molecular flexibility index (Phi) is 4.84. The Morgan fingerprint density at radius 3 is 2.71 bits per heavy atom. The van der Waals surface area contributed by atoms with Crippen molar-refractivity contribution in [3.05, 3.63) is 44.5 Å². The number of carbonyl (C=O) groups excluding carboxylic acids is 1. The molecule has 21 heavy (non-hydrogen) atoms. The average Bonchev–Trinajstić information content (AvgIpc) is 2.99. The normalized spacial score (nSPS) is 10.1. The van der Waals surface area contributed by atoms with Crippen molar-refractivity contribution < 1.29 is 9.21 Å². The molecule has 0 saturated carbocycles. The second kappa shape index (κ2) is 6.61. The number of hydrogen-bond acceptors (Lipinski definition) is 4. The third-order valence-corrected chi connectivity index (χ3v) is 4.19. The molecule has 0 saturated heterocycles. The molecule has 4 nitrogen and oxygen atoms in total. The number of carbonyl (C=O) groups is 1. The Bertz CT molecular complexity index is 716. The Hall–Kier alpha value is -2.03. The fraction of sp³-hybridized carbons (Fsp3) is 0.312. The van der Waals surface area contributed by atoms with Gasteiger partial charge in [0.1, 0.15) is 11.5 Å². The number of furan rings is 1. The first-order valence-corrected chi connectivity index (χ1v) is 7.47. The molecule has 0 fully saturated rings. The van der Waals surface area contributed by atoms with Gasteiger partial charge in [0.05, 0.1) is 23.5 Å². The van der Waals surface area contributed by atoms with Crippen LogP contribution in [-0.4, -0.2) is 12.5 Å². The number of nitrogens with two attached hydrogens (primary N) is 1. The van der Waals surface area contributed by atoms with E-state index in [-0.39, 0.29) is 5.91 Å². The molecule has 2 rings (SSSR count). The zero-order valence-electron chi connectivity index (χ0n) is 12.4. The van der Waals surface area contributed by atoms with Gasteiger partial charge in [-0.1, -0.05) is 11.8 Å². The fourth-order valence-corrected chi connectivity index (χ4v) is 2.88. The zero-order valence-corrected chi connectivity index (χ0v) is 13.2. The van der Waals surface area contributed by atoms with Crippen LogP contribution in [0.15, 0.2) is 16.5 Å². The second-order valence-electron chi connectivity index (χ2n) is 4.67. The molecule has 0 aliphatic heterocycles. The van der Waals surface area contributed by atoms with Gasteiger partial charge in [-0.25, -0.2) is 0 Å². The molecule has 0 atom stereocenters. The first-order valence-electron chi connectivity index (χ1n) is 6.65. The largest absolute Gasteiger partial charge is 0.466 e. The van der Waals surface area contributed by atoms with Gasteiger partial charge < -0.3 is 15.5 Å². The average molecular weight is 302 g/mol. The van der Waals surface area contributed by atoms with Gasteiger partial charge in [0.2, 0.25) is 0 Å². The second-order valence-corrected chi connectivity index (χ2v) is 5.84. The molecule has 0 spiro atoms. The smallest absolute Gasteiger partial charge is 0.255 e. The van der Waals surface area contributed by atoms with Gasteiger partial charge in [0, 0.05) is 10.4 Å². The first-order chi connectivity index (χ1) is 10.0. The van der Waals surface area contributed by atoms with E-state index in [0.29, 0.717) is 24.4 Å². The topological polar surface area (TPSA) is 68.3 Å². The van der Waals surface area contributed by atoms with Crippen LogP contribution >= 0.6 is 11.3 Å². The molecule has 1 amide bonds. The molecule has 110 valence electrons. The van der Waals surface area contributed by atoms with Crippen molar-refractivity contribution in [3.8, 4) is 11.8 Å². The lowest BCUT2D eigenvalue weighted by molar-refractivity contribution is 0.0949. The van der Waals surface area contributed by atoms with Gasteiger partial charge in [-0.3, -0.25) is 4.79 Å². The number of aryl methyl sites for hydroxylation is 2. The molecule has 2 heterocycles. The van der Waals surface area contributed by atoms with E-state index in [1.807, 2.05) is 26.0 Å². The van der Waals surface area contributed by atoms with Crippen molar-refractivity contribution in [2.24, 2.45) is 5.73 Å². The maximum atomic E-state index is 12.2. The summed E-state index contributed by atoms with van der Waals surface area (Å²) >= 11 is 1.56. The molecule has 0 bridgehead atoms. The van der Waals surface area contributed by atoms with Gasteiger partial charge in [-0.2, -0.15) is 0 Å². The lowest BCUT2D eigenvalue weighted by Crippen LogP contribution is -2.23. The maximum absolute atomic E-state index is 12.2. The third kappa shape index (κ3) is 3.54. The van der Waals surface area contributed by atoms with Crippen molar-refractivity contribution in [1.82, 2.24) is 5.32 Å². The van der Waals surface area contributed by atoms with E-state index < -0.39 is 0 Å². The van der Waals surface area contributed by atoms with Gasteiger partial charge >= 0.3 is 0 Å². The highest BCUT2D eigenvalue weighted by Crippen LogP contribution is 2.21. The zero-order chi connectivity index (χ0) is 15.4. The van der Waals surface area contributed by atoms with Crippen LogP contribution in [0.5, 0.6) is 0 Å².